The molecule has 1 unspecified atom stereocenters. The van der Waals surface area contributed by atoms with Crippen LogP contribution in [0.15, 0.2) is 6.33 Å². The molecule has 6 heteroatoms. The molecular weight excluding hydrogens is 232 g/mol. The lowest BCUT2D eigenvalue weighted by atomic mass is 9.85. The highest BCUT2D eigenvalue weighted by molar-refractivity contribution is 5.06. The third-order valence-electron chi connectivity index (χ3n) is 3.76. The summed E-state index contributed by atoms with van der Waals surface area (Å²) in [6.45, 7) is 4.33. The van der Waals surface area contributed by atoms with Crippen molar-refractivity contribution < 1.29 is 9.47 Å². The van der Waals surface area contributed by atoms with Crippen LogP contribution in [0.1, 0.15) is 31.6 Å². The molecule has 0 bridgehead atoms. The van der Waals surface area contributed by atoms with Gasteiger partial charge < -0.3 is 14.8 Å². The van der Waals surface area contributed by atoms with E-state index < -0.39 is 0 Å². The molecule has 1 N–H and O–H groups in total. The van der Waals surface area contributed by atoms with Gasteiger partial charge in [0.15, 0.2) is 0 Å². The quantitative estimate of drug-likeness (QED) is 0.840. The minimum Gasteiger partial charge on any atom is -0.381 e. The first-order chi connectivity index (χ1) is 8.77. The van der Waals surface area contributed by atoms with E-state index in [0.29, 0.717) is 0 Å². The fourth-order valence-electron chi connectivity index (χ4n) is 2.70. The van der Waals surface area contributed by atoms with Crippen LogP contribution in [0.25, 0.3) is 0 Å². The van der Waals surface area contributed by atoms with Gasteiger partial charge in [-0.15, -0.1) is 0 Å². The summed E-state index contributed by atoms with van der Waals surface area (Å²) in [5, 5.41) is 7.58. The molecule has 6 nitrogen and oxygen atoms in total. The molecule has 0 radical (unpaired) electrons. The predicted molar refractivity (Wildman–Crippen MR) is 67.3 cm³/mol. The summed E-state index contributed by atoms with van der Waals surface area (Å²) in [6, 6.07) is 0.0360. The maximum atomic E-state index is 5.83. The van der Waals surface area contributed by atoms with Crippen molar-refractivity contribution in [3.8, 4) is 0 Å². The van der Waals surface area contributed by atoms with Crippen LogP contribution < -0.4 is 5.32 Å². The molecular formula is C12H22N4O2. The largest absolute Gasteiger partial charge is 0.381 e. The first-order valence-corrected chi connectivity index (χ1v) is 6.45. The third-order valence-corrected chi connectivity index (χ3v) is 3.76. The van der Waals surface area contributed by atoms with Crippen molar-refractivity contribution in [2.24, 2.45) is 0 Å². The van der Waals surface area contributed by atoms with Crippen LogP contribution in [0.5, 0.6) is 0 Å². The number of hydrogen-bond acceptors (Lipinski definition) is 5. The number of hydrogen-bond donors (Lipinski definition) is 1. The van der Waals surface area contributed by atoms with E-state index in [9.17, 15) is 0 Å². The minimum atomic E-state index is -0.257. The molecule has 1 aliphatic rings. The van der Waals surface area contributed by atoms with Gasteiger partial charge in [0.25, 0.3) is 0 Å². The van der Waals surface area contributed by atoms with Gasteiger partial charge in [0, 0.05) is 39.7 Å². The zero-order valence-corrected chi connectivity index (χ0v) is 11.3. The number of aromatic nitrogens is 3. The molecule has 0 spiro atoms. The first-order valence-electron chi connectivity index (χ1n) is 6.45. The Labute approximate surface area is 108 Å². The van der Waals surface area contributed by atoms with E-state index in [1.165, 1.54) is 0 Å². The number of likely N-dealkylation sites (N-methyl/N-ethyl adjacent to an activating group) is 1. The number of methoxy groups -OCH3 is 1. The van der Waals surface area contributed by atoms with Gasteiger partial charge in [-0.3, -0.25) is 0 Å². The summed E-state index contributed by atoms with van der Waals surface area (Å²) in [4.78, 5) is 4.39. The minimum absolute atomic E-state index is 0.0360. The lowest BCUT2D eigenvalue weighted by Crippen LogP contribution is -2.49. The molecule has 102 valence electrons. The Bertz CT molecular complexity index is 374. The molecule has 1 aliphatic heterocycles. The summed E-state index contributed by atoms with van der Waals surface area (Å²) < 4.78 is 13.2. The highest BCUT2D eigenvalue weighted by Gasteiger charge is 2.42. The number of nitrogens with one attached hydrogen (secondary N) is 1. The molecule has 0 aromatic carbocycles. The molecule has 1 aromatic heterocycles. The predicted octanol–water partition coefficient (Wildman–Crippen LogP) is 0.754. The Morgan fingerprint density at radius 2 is 2.28 bits per heavy atom. The number of aryl methyl sites for hydroxylation is 1. The van der Waals surface area contributed by atoms with Gasteiger partial charge in [0.1, 0.15) is 12.2 Å². The molecule has 1 aromatic rings. The third kappa shape index (κ3) is 2.28. The van der Waals surface area contributed by atoms with Crippen molar-refractivity contribution in [1.29, 1.82) is 0 Å². The average molecular weight is 254 g/mol. The van der Waals surface area contributed by atoms with Crippen molar-refractivity contribution in [2.45, 2.75) is 38.0 Å². The van der Waals surface area contributed by atoms with Gasteiger partial charge in [0.2, 0.25) is 0 Å². The highest BCUT2D eigenvalue weighted by atomic mass is 16.5. The fourth-order valence-corrected chi connectivity index (χ4v) is 2.70. The van der Waals surface area contributed by atoms with Crippen molar-refractivity contribution in [2.75, 3.05) is 27.4 Å². The van der Waals surface area contributed by atoms with Gasteiger partial charge in [0.05, 0.1) is 11.6 Å². The second-order valence-electron chi connectivity index (χ2n) is 4.54. The monoisotopic (exact) mass is 254 g/mol. The Hall–Kier alpha value is -0.980. The maximum Gasteiger partial charge on any atom is 0.146 e. The highest BCUT2D eigenvalue weighted by Crippen LogP contribution is 2.36. The SMILES string of the molecule is CCn1ncnc1C(NC)C1(OC)CCOCC1. The first kappa shape index (κ1) is 13.5. The van der Waals surface area contributed by atoms with E-state index in [0.717, 1.165) is 38.4 Å². The summed E-state index contributed by atoms with van der Waals surface area (Å²) in [5.74, 6) is 0.934. The van der Waals surface area contributed by atoms with E-state index >= 15 is 0 Å². The lowest BCUT2D eigenvalue weighted by Gasteiger charge is -2.41. The molecule has 0 saturated carbocycles. The summed E-state index contributed by atoms with van der Waals surface area (Å²) in [7, 11) is 3.71. The normalized spacial score (nSPS) is 20.8. The Balaban J connectivity index is 2.31. The average Bonchev–Trinajstić information content (AvgIpc) is 2.89. The van der Waals surface area contributed by atoms with Crippen LogP contribution in [-0.2, 0) is 16.0 Å². The van der Waals surface area contributed by atoms with Crippen molar-refractivity contribution in [3.05, 3.63) is 12.2 Å². The number of nitrogens with zero attached hydrogens (tertiary/aromatic N) is 3. The summed E-state index contributed by atoms with van der Waals surface area (Å²) in [5.41, 5.74) is -0.257. The Morgan fingerprint density at radius 1 is 1.56 bits per heavy atom. The Kier molecular flexibility index (Phi) is 4.31. The second kappa shape index (κ2) is 5.77. The van der Waals surface area contributed by atoms with Gasteiger partial charge >= 0.3 is 0 Å². The molecule has 2 rings (SSSR count). The van der Waals surface area contributed by atoms with Crippen molar-refractivity contribution in [1.82, 2.24) is 20.1 Å². The maximum absolute atomic E-state index is 5.83. The van der Waals surface area contributed by atoms with Crippen LogP contribution >= 0.6 is 0 Å². The van der Waals surface area contributed by atoms with Gasteiger partial charge in [-0.1, -0.05) is 0 Å². The van der Waals surface area contributed by atoms with E-state index in [1.54, 1.807) is 13.4 Å². The van der Waals surface area contributed by atoms with Crippen LogP contribution in [0.3, 0.4) is 0 Å². The standard InChI is InChI=1S/C12H22N4O2/c1-4-16-11(14-9-15-16)10(13-2)12(17-3)5-7-18-8-6-12/h9-10,13H,4-8H2,1-3H3. The molecule has 0 amide bonds. The number of rotatable bonds is 5. The van der Waals surface area contributed by atoms with Gasteiger partial charge in [-0.05, 0) is 14.0 Å². The fraction of sp³-hybridized carbons (Fsp3) is 0.833. The molecule has 1 atom stereocenters. The van der Waals surface area contributed by atoms with E-state index in [2.05, 4.69) is 22.3 Å². The topological polar surface area (TPSA) is 61.2 Å². The van der Waals surface area contributed by atoms with Crippen molar-refractivity contribution in [3.63, 3.8) is 0 Å². The molecule has 1 saturated heterocycles. The number of ether oxygens (including phenoxy) is 2. The zero-order chi connectivity index (χ0) is 13.0. The lowest BCUT2D eigenvalue weighted by molar-refractivity contribution is -0.112. The van der Waals surface area contributed by atoms with E-state index in [-0.39, 0.29) is 11.6 Å². The smallest absolute Gasteiger partial charge is 0.146 e. The molecule has 1 fully saturated rings. The van der Waals surface area contributed by atoms with Crippen molar-refractivity contribution >= 4 is 0 Å². The Morgan fingerprint density at radius 3 is 2.83 bits per heavy atom. The van der Waals surface area contributed by atoms with Crippen LogP contribution in [0, 0.1) is 0 Å². The molecule has 0 aliphatic carbocycles. The van der Waals surface area contributed by atoms with Gasteiger partial charge in [-0.2, -0.15) is 5.10 Å². The van der Waals surface area contributed by atoms with Crippen LogP contribution in [-0.4, -0.2) is 47.7 Å². The summed E-state index contributed by atoms with van der Waals surface area (Å²) in [6.07, 6.45) is 3.34. The second-order valence-corrected chi connectivity index (χ2v) is 4.54. The van der Waals surface area contributed by atoms with E-state index in [1.807, 2.05) is 11.7 Å². The molecule has 2 heterocycles. The van der Waals surface area contributed by atoms with Crippen LogP contribution in [0.2, 0.25) is 0 Å². The van der Waals surface area contributed by atoms with Crippen LogP contribution in [0.4, 0.5) is 0 Å². The van der Waals surface area contributed by atoms with E-state index in [4.69, 9.17) is 9.47 Å². The van der Waals surface area contributed by atoms with Gasteiger partial charge in [-0.25, -0.2) is 9.67 Å². The molecule has 18 heavy (non-hydrogen) atoms. The summed E-state index contributed by atoms with van der Waals surface area (Å²) >= 11 is 0. The zero-order valence-electron chi connectivity index (χ0n) is 11.3.